The molecule has 0 radical (unpaired) electrons. The second-order valence-corrected chi connectivity index (χ2v) is 8.13. The van der Waals surface area contributed by atoms with E-state index in [4.69, 9.17) is 9.90 Å². The van der Waals surface area contributed by atoms with Crippen molar-refractivity contribution in [3.05, 3.63) is 18.0 Å². The second kappa shape index (κ2) is 13.0. The van der Waals surface area contributed by atoms with Gasteiger partial charge < -0.3 is 15.3 Å². The van der Waals surface area contributed by atoms with E-state index in [0.717, 1.165) is 70.3 Å². The van der Waals surface area contributed by atoms with E-state index >= 15 is 0 Å². The number of carboxylic acid groups (broad SMARTS) is 1. The predicted molar refractivity (Wildman–Crippen MR) is 113 cm³/mol. The van der Waals surface area contributed by atoms with Crippen molar-refractivity contribution in [2.45, 2.75) is 57.4 Å². The molecule has 0 aromatic carbocycles. The number of nitrogens with zero attached hydrogens (tertiary/aromatic N) is 3. The van der Waals surface area contributed by atoms with Crippen molar-refractivity contribution < 1.29 is 19.5 Å². The van der Waals surface area contributed by atoms with Crippen LogP contribution in [-0.4, -0.2) is 82.7 Å². The molecule has 2 aliphatic heterocycles. The van der Waals surface area contributed by atoms with Gasteiger partial charge >= 0.3 is 0 Å². The normalized spacial score (nSPS) is 20.2. The molecule has 0 saturated carbocycles. The SMILES string of the molecule is CN1CCCCC1C(=O)NCC1CCN(C(=O)CCCc2cn[nH]c2)CC1.O=CO. The Morgan fingerprint density at radius 2 is 2.00 bits per heavy atom. The van der Waals surface area contributed by atoms with Crippen LogP contribution >= 0.6 is 0 Å². The summed E-state index contributed by atoms with van der Waals surface area (Å²) in [5, 5.41) is 16.8. The molecule has 0 bridgehead atoms. The van der Waals surface area contributed by atoms with E-state index in [9.17, 15) is 9.59 Å². The quantitative estimate of drug-likeness (QED) is 0.571. The van der Waals surface area contributed by atoms with Gasteiger partial charge in [0.15, 0.2) is 0 Å². The Bertz CT molecular complexity index is 644. The highest BCUT2D eigenvalue weighted by atomic mass is 16.3. The molecule has 1 aromatic heterocycles. The van der Waals surface area contributed by atoms with Crippen LogP contribution in [-0.2, 0) is 20.8 Å². The first-order valence-electron chi connectivity index (χ1n) is 10.9. The van der Waals surface area contributed by atoms with Gasteiger partial charge in [-0.1, -0.05) is 6.42 Å². The third-order valence-corrected chi connectivity index (χ3v) is 6.02. The van der Waals surface area contributed by atoms with Crippen LogP contribution in [0.1, 0.15) is 50.5 Å². The van der Waals surface area contributed by atoms with Crippen LogP contribution in [0.25, 0.3) is 0 Å². The Balaban J connectivity index is 0.00000101. The van der Waals surface area contributed by atoms with Crippen molar-refractivity contribution in [3.8, 4) is 0 Å². The van der Waals surface area contributed by atoms with Crippen molar-refractivity contribution >= 4 is 18.3 Å². The van der Waals surface area contributed by atoms with Crippen molar-refractivity contribution in [1.82, 2.24) is 25.3 Å². The Morgan fingerprint density at radius 1 is 1.27 bits per heavy atom. The van der Waals surface area contributed by atoms with Gasteiger partial charge in [0.1, 0.15) is 0 Å². The molecule has 1 atom stereocenters. The topological polar surface area (TPSA) is 119 Å². The highest BCUT2D eigenvalue weighted by Crippen LogP contribution is 2.19. The summed E-state index contributed by atoms with van der Waals surface area (Å²) in [4.78, 5) is 37.3. The summed E-state index contributed by atoms with van der Waals surface area (Å²) in [5.74, 6) is 0.914. The number of likely N-dealkylation sites (N-methyl/N-ethyl adjacent to an activating group) is 1. The molecule has 2 fully saturated rings. The molecule has 3 N–H and O–H groups in total. The minimum Gasteiger partial charge on any atom is -0.483 e. The Kier molecular flexibility index (Phi) is 10.3. The van der Waals surface area contributed by atoms with Gasteiger partial charge in [0.05, 0.1) is 12.2 Å². The van der Waals surface area contributed by atoms with Gasteiger partial charge in [0.25, 0.3) is 6.47 Å². The molecule has 3 rings (SSSR count). The highest BCUT2D eigenvalue weighted by Gasteiger charge is 2.27. The summed E-state index contributed by atoms with van der Waals surface area (Å²) in [6, 6.07) is 0.0376. The van der Waals surface area contributed by atoms with E-state index in [1.807, 2.05) is 24.3 Å². The van der Waals surface area contributed by atoms with Crippen molar-refractivity contribution in [2.75, 3.05) is 33.2 Å². The molecule has 1 aromatic rings. The molecular formula is C21H35N5O4. The molecule has 9 nitrogen and oxygen atoms in total. The van der Waals surface area contributed by atoms with E-state index in [-0.39, 0.29) is 24.3 Å². The van der Waals surface area contributed by atoms with E-state index in [1.165, 1.54) is 6.42 Å². The lowest BCUT2D eigenvalue weighted by atomic mass is 9.95. The van der Waals surface area contributed by atoms with Gasteiger partial charge in [-0.15, -0.1) is 0 Å². The van der Waals surface area contributed by atoms with E-state index in [1.54, 1.807) is 0 Å². The van der Waals surface area contributed by atoms with Gasteiger partial charge in [-0.05, 0) is 63.6 Å². The van der Waals surface area contributed by atoms with Crippen molar-refractivity contribution in [3.63, 3.8) is 0 Å². The number of carbonyl (C=O) groups excluding carboxylic acids is 2. The number of carbonyl (C=O) groups is 3. The number of likely N-dealkylation sites (tertiary alicyclic amines) is 2. The zero-order valence-corrected chi connectivity index (χ0v) is 17.9. The summed E-state index contributed by atoms with van der Waals surface area (Å²) in [7, 11) is 2.04. The lowest BCUT2D eigenvalue weighted by molar-refractivity contribution is -0.133. The van der Waals surface area contributed by atoms with Gasteiger partial charge in [-0.25, -0.2) is 0 Å². The van der Waals surface area contributed by atoms with Gasteiger partial charge in [-0.3, -0.25) is 24.4 Å². The maximum absolute atomic E-state index is 12.4. The first-order chi connectivity index (χ1) is 14.5. The van der Waals surface area contributed by atoms with Crippen LogP contribution in [0, 0.1) is 5.92 Å². The number of aromatic nitrogens is 2. The monoisotopic (exact) mass is 421 g/mol. The fourth-order valence-corrected chi connectivity index (χ4v) is 4.17. The molecule has 1 unspecified atom stereocenters. The number of piperidine rings is 2. The number of hydrogen-bond acceptors (Lipinski definition) is 5. The fraction of sp³-hybridized carbons (Fsp3) is 0.714. The number of H-pyrrole nitrogens is 1. The smallest absolute Gasteiger partial charge is 0.290 e. The number of aromatic amines is 1. The summed E-state index contributed by atoms with van der Waals surface area (Å²) in [6.07, 6.45) is 11.3. The predicted octanol–water partition coefficient (Wildman–Crippen LogP) is 1.27. The Labute approximate surface area is 178 Å². The third kappa shape index (κ3) is 7.78. The fourth-order valence-electron chi connectivity index (χ4n) is 4.17. The number of amides is 2. The largest absolute Gasteiger partial charge is 0.483 e. The number of hydrogen-bond donors (Lipinski definition) is 3. The van der Waals surface area contributed by atoms with Gasteiger partial charge in [0, 0.05) is 32.3 Å². The molecule has 0 spiro atoms. The molecular weight excluding hydrogens is 386 g/mol. The summed E-state index contributed by atoms with van der Waals surface area (Å²) < 4.78 is 0. The van der Waals surface area contributed by atoms with Crippen LogP contribution in [0.5, 0.6) is 0 Å². The molecule has 2 amide bonds. The second-order valence-electron chi connectivity index (χ2n) is 8.13. The standard InChI is InChI=1S/C20H33N5O2.CH2O2/c1-24-10-3-2-6-18(24)20(27)21-13-16-8-11-25(12-9-16)19(26)7-4-5-17-14-22-23-15-17;2-1-3/h14-16,18H,2-13H2,1H3,(H,21,27)(H,22,23);1H,(H,2,3). The zero-order valence-electron chi connectivity index (χ0n) is 17.9. The minimum absolute atomic E-state index is 0.0376. The molecule has 2 aliphatic rings. The van der Waals surface area contributed by atoms with Crippen molar-refractivity contribution in [1.29, 1.82) is 0 Å². The van der Waals surface area contributed by atoms with E-state index < -0.39 is 0 Å². The van der Waals surface area contributed by atoms with Crippen LogP contribution in [0.4, 0.5) is 0 Å². The van der Waals surface area contributed by atoms with Crippen LogP contribution in [0.3, 0.4) is 0 Å². The van der Waals surface area contributed by atoms with Crippen LogP contribution < -0.4 is 5.32 Å². The summed E-state index contributed by atoms with van der Waals surface area (Å²) in [5.41, 5.74) is 1.15. The highest BCUT2D eigenvalue weighted by molar-refractivity contribution is 5.81. The summed E-state index contributed by atoms with van der Waals surface area (Å²) in [6.45, 7) is 3.13. The number of nitrogens with one attached hydrogen (secondary N) is 2. The molecule has 2 saturated heterocycles. The van der Waals surface area contributed by atoms with E-state index in [0.29, 0.717) is 12.3 Å². The molecule has 30 heavy (non-hydrogen) atoms. The number of rotatable bonds is 7. The lowest BCUT2D eigenvalue weighted by Gasteiger charge is -2.34. The average molecular weight is 422 g/mol. The number of aryl methyl sites for hydroxylation is 1. The Morgan fingerprint density at radius 3 is 2.63 bits per heavy atom. The van der Waals surface area contributed by atoms with Gasteiger partial charge in [-0.2, -0.15) is 5.10 Å². The van der Waals surface area contributed by atoms with Crippen LogP contribution in [0.2, 0.25) is 0 Å². The molecule has 3 heterocycles. The van der Waals surface area contributed by atoms with E-state index in [2.05, 4.69) is 20.4 Å². The minimum atomic E-state index is -0.250. The van der Waals surface area contributed by atoms with Gasteiger partial charge in [0.2, 0.25) is 11.8 Å². The maximum atomic E-state index is 12.4. The summed E-state index contributed by atoms with van der Waals surface area (Å²) >= 11 is 0. The molecule has 0 aliphatic carbocycles. The average Bonchev–Trinajstić information content (AvgIpc) is 3.27. The first-order valence-corrected chi connectivity index (χ1v) is 10.9. The molecule has 168 valence electrons. The Hall–Kier alpha value is -2.42. The third-order valence-electron chi connectivity index (χ3n) is 6.02. The lowest BCUT2D eigenvalue weighted by Crippen LogP contribution is -2.49. The zero-order chi connectivity index (χ0) is 21.8. The molecule has 9 heteroatoms. The van der Waals surface area contributed by atoms with Crippen molar-refractivity contribution in [2.24, 2.45) is 5.92 Å². The van der Waals surface area contributed by atoms with Crippen LogP contribution in [0.15, 0.2) is 12.4 Å². The maximum Gasteiger partial charge on any atom is 0.290 e. The first kappa shape index (κ1) is 23.9.